The van der Waals surface area contributed by atoms with Gasteiger partial charge in [-0.1, -0.05) is 0 Å². The molecule has 0 fully saturated rings. The number of carbonyl (C=O) groups excluding carboxylic acids is 1. The molecule has 1 heterocycles. The molecule has 1 aliphatic heterocycles. The normalized spacial score (nSPS) is 14.4. The van der Waals surface area contributed by atoms with Crippen LogP contribution in [0.2, 0.25) is 0 Å². The molecule has 25 heavy (non-hydrogen) atoms. The summed E-state index contributed by atoms with van der Waals surface area (Å²) in [6, 6.07) is 7.65. The Morgan fingerprint density at radius 2 is 2.00 bits per heavy atom. The summed E-state index contributed by atoms with van der Waals surface area (Å²) in [5.41, 5.74) is 1.58. The second-order valence-electron chi connectivity index (χ2n) is 5.24. The number of nitriles is 1. The van der Waals surface area contributed by atoms with Crippen molar-refractivity contribution in [2.24, 2.45) is 0 Å². The van der Waals surface area contributed by atoms with Crippen molar-refractivity contribution in [3.05, 3.63) is 41.2 Å². The van der Waals surface area contributed by atoms with Gasteiger partial charge in [-0.05, 0) is 32.9 Å². The fourth-order valence-corrected chi connectivity index (χ4v) is 2.63. The van der Waals surface area contributed by atoms with Gasteiger partial charge in [-0.3, -0.25) is 0 Å². The van der Waals surface area contributed by atoms with Gasteiger partial charge in [0.1, 0.15) is 17.6 Å². The zero-order valence-electron chi connectivity index (χ0n) is 15.0. The number of carbonyl (C=O) groups is 1. The molecule has 132 valence electrons. The van der Waals surface area contributed by atoms with Crippen LogP contribution in [0.15, 0.2) is 35.6 Å². The van der Waals surface area contributed by atoms with E-state index < -0.39 is 5.97 Å². The lowest BCUT2D eigenvalue weighted by atomic mass is 10.1. The van der Waals surface area contributed by atoms with Crippen molar-refractivity contribution in [3.63, 3.8) is 0 Å². The Morgan fingerprint density at radius 1 is 1.28 bits per heavy atom. The van der Waals surface area contributed by atoms with Crippen molar-refractivity contribution >= 4 is 17.4 Å². The summed E-state index contributed by atoms with van der Waals surface area (Å²) >= 11 is 0. The van der Waals surface area contributed by atoms with Gasteiger partial charge >= 0.3 is 5.97 Å². The van der Waals surface area contributed by atoms with E-state index in [1.807, 2.05) is 24.3 Å². The van der Waals surface area contributed by atoms with Crippen LogP contribution in [0.1, 0.15) is 26.3 Å². The van der Waals surface area contributed by atoms with Crippen molar-refractivity contribution in [2.75, 3.05) is 31.7 Å². The molecule has 1 aromatic carbocycles. The third-order valence-electron chi connectivity index (χ3n) is 3.90. The molecule has 0 aromatic heterocycles. The van der Waals surface area contributed by atoms with E-state index in [0.29, 0.717) is 11.5 Å². The third-order valence-corrected chi connectivity index (χ3v) is 3.90. The fourth-order valence-electron chi connectivity index (χ4n) is 2.63. The van der Waals surface area contributed by atoms with Crippen molar-refractivity contribution in [2.45, 2.75) is 20.8 Å². The lowest BCUT2D eigenvalue weighted by Gasteiger charge is -2.25. The van der Waals surface area contributed by atoms with E-state index in [-0.39, 0.29) is 17.9 Å². The highest BCUT2D eigenvalue weighted by molar-refractivity contribution is 5.94. The van der Waals surface area contributed by atoms with Crippen molar-refractivity contribution < 1.29 is 19.0 Å². The second-order valence-corrected chi connectivity index (χ2v) is 5.24. The molecule has 0 saturated heterocycles. The fraction of sp³-hybridized carbons (Fsp3) is 0.368. The summed E-state index contributed by atoms with van der Waals surface area (Å²) in [4.78, 5) is 14.2. The summed E-state index contributed by atoms with van der Waals surface area (Å²) in [6.07, 6.45) is 1.54. The first-order valence-electron chi connectivity index (χ1n) is 8.23. The number of benzene rings is 1. The number of methoxy groups -OCH3 is 1. The van der Waals surface area contributed by atoms with Crippen LogP contribution in [-0.4, -0.2) is 32.8 Å². The van der Waals surface area contributed by atoms with E-state index in [1.54, 1.807) is 6.92 Å². The first-order chi connectivity index (χ1) is 12.1. The minimum Gasteiger partial charge on any atom is -0.496 e. The molecule has 0 unspecified atom stereocenters. The predicted molar refractivity (Wildman–Crippen MR) is 94.9 cm³/mol. The Kier molecular flexibility index (Phi) is 6.07. The molecule has 2 rings (SSSR count). The number of anilines is 1. The van der Waals surface area contributed by atoms with Gasteiger partial charge in [0.05, 0.1) is 19.3 Å². The lowest BCUT2D eigenvalue weighted by Crippen LogP contribution is -2.22. The van der Waals surface area contributed by atoms with E-state index in [9.17, 15) is 10.1 Å². The van der Waals surface area contributed by atoms with Crippen LogP contribution in [0.5, 0.6) is 5.75 Å². The topological polar surface area (TPSA) is 71.8 Å². The molecule has 0 atom stereocenters. The van der Waals surface area contributed by atoms with Crippen LogP contribution in [0.3, 0.4) is 0 Å². The van der Waals surface area contributed by atoms with Gasteiger partial charge in [0.15, 0.2) is 11.3 Å². The smallest absolute Gasteiger partial charge is 0.352 e. The summed E-state index contributed by atoms with van der Waals surface area (Å²) in [5, 5.41) is 9.33. The van der Waals surface area contributed by atoms with Gasteiger partial charge in [0.2, 0.25) is 0 Å². The van der Waals surface area contributed by atoms with E-state index in [2.05, 4.69) is 18.7 Å². The molecule has 0 spiro atoms. The van der Waals surface area contributed by atoms with Crippen molar-refractivity contribution in [1.29, 1.82) is 5.26 Å². The minimum absolute atomic E-state index is 0.127. The highest BCUT2D eigenvalue weighted by Crippen LogP contribution is 2.37. The number of hydrogen-bond acceptors (Lipinski definition) is 6. The predicted octanol–water partition coefficient (Wildman–Crippen LogP) is 3.25. The monoisotopic (exact) mass is 342 g/mol. The molecular formula is C19H22N2O4. The molecule has 0 radical (unpaired) electrons. The summed E-state index contributed by atoms with van der Waals surface area (Å²) in [7, 11) is 1.53. The minimum atomic E-state index is -0.713. The quantitative estimate of drug-likeness (QED) is 0.449. The number of fused-ring (bicyclic) bond motifs is 1. The van der Waals surface area contributed by atoms with Gasteiger partial charge in [-0.25, -0.2) is 4.79 Å². The zero-order chi connectivity index (χ0) is 18.4. The molecule has 1 aromatic rings. The number of nitrogens with zero attached hydrogens (tertiary/aromatic N) is 2. The van der Waals surface area contributed by atoms with Crippen LogP contribution in [-0.2, 0) is 14.3 Å². The average Bonchev–Trinajstić information content (AvgIpc) is 2.62. The molecule has 0 amide bonds. The van der Waals surface area contributed by atoms with Crippen LogP contribution < -0.4 is 9.64 Å². The van der Waals surface area contributed by atoms with E-state index >= 15 is 0 Å². The maximum atomic E-state index is 12.0. The van der Waals surface area contributed by atoms with Gasteiger partial charge in [0, 0.05) is 30.9 Å². The Balaban J connectivity index is 2.52. The summed E-state index contributed by atoms with van der Waals surface area (Å²) in [6.45, 7) is 7.73. The van der Waals surface area contributed by atoms with E-state index in [4.69, 9.17) is 14.2 Å². The molecular weight excluding hydrogens is 320 g/mol. The first kappa shape index (κ1) is 18.4. The van der Waals surface area contributed by atoms with E-state index in [1.165, 1.54) is 13.2 Å². The van der Waals surface area contributed by atoms with Crippen molar-refractivity contribution in [3.8, 4) is 11.8 Å². The van der Waals surface area contributed by atoms with Gasteiger partial charge in [-0.2, -0.15) is 5.26 Å². The van der Waals surface area contributed by atoms with Gasteiger partial charge in [0.25, 0.3) is 0 Å². The average molecular weight is 342 g/mol. The Labute approximate surface area is 147 Å². The molecule has 1 aliphatic rings. The molecule has 0 N–H and O–H groups in total. The Hall–Kier alpha value is -2.94. The second kappa shape index (κ2) is 8.25. The standard InChI is InChI=1S/C19H22N2O4/c1-5-21(6-2)13-8-9-14-16(23-4)11-18(25-17(14)10-13)15(12-20)19(22)24-7-3/h8-11H,5-7H2,1-4H3/b18-15+. The molecule has 6 nitrogen and oxygen atoms in total. The number of hydrogen-bond donors (Lipinski definition) is 0. The Bertz CT molecular complexity index is 755. The molecule has 0 aliphatic carbocycles. The largest absolute Gasteiger partial charge is 0.496 e. The number of allylic oxidation sites excluding steroid dienone is 1. The molecule has 6 heteroatoms. The van der Waals surface area contributed by atoms with Crippen LogP contribution in [0.4, 0.5) is 5.69 Å². The maximum Gasteiger partial charge on any atom is 0.352 e. The van der Waals surface area contributed by atoms with Crippen LogP contribution in [0, 0.1) is 11.3 Å². The van der Waals surface area contributed by atoms with Crippen LogP contribution in [0.25, 0.3) is 5.76 Å². The molecule has 0 saturated carbocycles. The zero-order valence-corrected chi connectivity index (χ0v) is 15.0. The van der Waals surface area contributed by atoms with Crippen LogP contribution >= 0.6 is 0 Å². The highest BCUT2D eigenvalue weighted by Gasteiger charge is 2.25. The number of ether oxygens (including phenoxy) is 3. The third kappa shape index (κ3) is 3.77. The lowest BCUT2D eigenvalue weighted by molar-refractivity contribution is -0.138. The number of rotatable bonds is 6. The van der Waals surface area contributed by atoms with Crippen molar-refractivity contribution in [1.82, 2.24) is 0 Å². The van der Waals surface area contributed by atoms with E-state index in [0.717, 1.165) is 24.3 Å². The first-order valence-corrected chi connectivity index (χ1v) is 8.23. The van der Waals surface area contributed by atoms with Gasteiger partial charge < -0.3 is 19.1 Å². The highest BCUT2D eigenvalue weighted by atomic mass is 16.5. The molecule has 0 bridgehead atoms. The number of esters is 1. The SMILES string of the molecule is CCOC(=O)/C(C#N)=C1\C=C(OC)c2ccc(N(CC)CC)cc2O1. The van der Waals surface area contributed by atoms with Gasteiger partial charge in [-0.15, -0.1) is 0 Å². The summed E-state index contributed by atoms with van der Waals surface area (Å²) < 4.78 is 16.2. The Morgan fingerprint density at radius 3 is 2.56 bits per heavy atom. The summed E-state index contributed by atoms with van der Waals surface area (Å²) in [5.74, 6) is 0.479. The maximum absolute atomic E-state index is 12.0.